The van der Waals surface area contributed by atoms with Crippen LogP contribution in [0, 0.1) is 12.7 Å². The molecular weight excluding hydrogens is 239 g/mol. The van der Waals surface area contributed by atoms with Gasteiger partial charge >= 0.3 is 0 Å². The lowest BCUT2D eigenvalue weighted by molar-refractivity contribution is 0.615. The fraction of sp³-hybridized carbons (Fsp3) is 0.250. The van der Waals surface area contributed by atoms with Crippen molar-refractivity contribution in [1.29, 1.82) is 0 Å². The minimum atomic E-state index is -0.152. The summed E-state index contributed by atoms with van der Waals surface area (Å²) >= 11 is 0. The molecule has 0 aliphatic rings. The summed E-state index contributed by atoms with van der Waals surface area (Å²) in [5.41, 5.74) is 9.69. The molecule has 0 radical (unpaired) electrons. The molecule has 0 saturated heterocycles. The second kappa shape index (κ2) is 6.45. The molecule has 0 saturated carbocycles. The Kier molecular flexibility index (Phi) is 4.66. The number of hydrogen-bond acceptors (Lipinski definition) is 2. The van der Waals surface area contributed by atoms with E-state index in [4.69, 9.17) is 5.73 Å². The SMILES string of the molecule is Cc1cc(CNCc2ccc(CN)cc2)ccc1F. The highest BCUT2D eigenvalue weighted by Crippen LogP contribution is 2.09. The first-order valence-corrected chi connectivity index (χ1v) is 6.42. The summed E-state index contributed by atoms with van der Waals surface area (Å²) in [6, 6.07) is 13.4. The first kappa shape index (κ1) is 13.7. The minimum Gasteiger partial charge on any atom is -0.326 e. The van der Waals surface area contributed by atoms with E-state index in [2.05, 4.69) is 17.4 Å². The van der Waals surface area contributed by atoms with Crippen LogP contribution in [0.4, 0.5) is 4.39 Å². The van der Waals surface area contributed by atoms with Crippen LogP contribution in [0.5, 0.6) is 0 Å². The first-order chi connectivity index (χ1) is 9.19. The minimum absolute atomic E-state index is 0.152. The van der Waals surface area contributed by atoms with E-state index in [9.17, 15) is 4.39 Å². The molecule has 0 aliphatic heterocycles. The Labute approximate surface area is 113 Å². The van der Waals surface area contributed by atoms with Crippen LogP contribution in [0.3, 0.4) is 0 Å². The molecule has 0 aromatic heterocycles. The number of benzene rings is 2. The normalized spacial score (nSPS) is 10.7. The highest BCUT2D eigenvalue weighted by molar-refractivity contribution is 5.24. The largest absolute Gasteiger partial charge is 0.326 e. The van der Waals surface area contributed by atoms with Crippen molar-refractivity contribution in [3.05, 3.63) is 70.5 Å². The van der Waals surface area contributed by atoms with Gasteiger partial charge in [-0.05, 0) is 35.2 Å². The molecule has 2 aromatic rings. The van der Waals surface area contributed by atoms with Gasteiger partial charge in [0, 0.05) is 19.6 Å². The van der Waals surface area contributed by atoms with Crippen LogP contribution in [0.1, 0.15) is 22.3 Å². The zero-order chi connectivity index (χ0) is 13.7. The number of rotatable bonds is 5. The average Bonchev–Trinajstić information content (AvgIpc) is 2.43. The first-order valence-electron chi connectivity index (χ1n) is 6.42. The van der Waals surface area contributed by atoms with E-state index in [1.54, 1.807) is 6.92 Å². The van der Waals surface area contributed by atoms with Crippen molar-refractivity contribution < 1.29 is 4.39 Å². The van der Waals surface area contributed by atoms with Crippen molar-refractivity contribution in [2.45, 2.75) is 26.6 Å². The molecule has 100 valence electrons. The lowest BCUT2D eigenvalue weighted by Crippen LogP contribution is -2.13. The van der Waals surface area contributed by atoms with E-state index in [-0.39, 0.29) is 5.82 Å². The molecule has 0 heterocycles. The zero-order valence-electron chi connectivity index (χ0n) is 11.1. The van der Waals surface area contributed by atoms with Crippen molar-refractivity contribution in [1.82, 2.24) is 5.32 Å². The van der Waals surface area contributed by atoms with Crippen LogP contribution in [0.15, 0.2) is 42.5 Å². The Morgan fingerprint density at radius 2 is 1.53 bits per heavy atom. The van der Waals surface area contributed by atoms with Crippen molar-refractivity contribution >= 4 is 0 Å². The predicted molar refractivity (Wildman–Crippen MR) is 76.0 cm³/mol. The highest BCUT2D eigenvalue weighted by atomic mass is 19.1. The number of aryl methyl sites for hydroxylation is 1. The van der Waals surface area contributed by atoms with E-state index in [1.807, 2.05) is 24.3 Å². The smallest absolute Gasteiger partial charge is 0.126 e. The lowest BCUT2D eigenvalue weighted by atomic mass is 10.1. The van der Waals surface area contributed by atoms with E-state index in [1.165, 1.54) is 11.6 Å². The maximum atomic E-state index is 13.1. The van der Waals surface area contributed by atoms with Crippen LogP contribution >= 0.6 is 0 Å². The van der Waals surface area contributed by atoms with Gasteiger partial charge < -0.3 is 11.1 Å². The molecule has 2 nitrogen and oxygen atoms in total. The Balaban J connectivity index is 1.86. The number of halogens is 1. The van der Waals surface area contributed by atoms with Gasteiger partial charge in [-0.15, -0.1) is 0 Å². The molecule has 0 amide bonds. The summed E-state index contributed by atoms with van der Waals surface area (Å²) in [7, 11) is 0. The third-order valence-corrected chi connectivity index (χ3v) is 3.14. The van der Waals surface area contributed by atoms with Gasteiger partial charge in [-0.1, -0.05) is 36.4 Å². The third kappa shape index (κ3) is 3.88. The molecule has 2 rings (SSSR count). The molecule has 0 unspecified atom stereocenters. The summed E-state index contributed by atoms with van der Waals surface area (Å²) in [5.74, 6) is -0.152. The van der Waals surface area contributed by atoms with E-state index < -0.39 is 0 Å². The standard InChI is InChI=1S/C16H19FN2/c1-12-8-15(6-7-16(12)17)11-19-10-14-4-2-13(9-18)3-5-14/h2-8,19H,9-11,18H2,1H3. The van der Waals surface area contributed by atoms with Crippen LogP contribution in [-0.4, -0.2) is 0 Å². The summed E-state index contributed by atoms with van der Waals surface area (Å²) in [4.78, 5) is 0. The van der Waals surface area contributed by atoms with Crippen molar-refractivity contribution in [2.24, 2.45) is 5.73 Å². The van der Waals surface area contributed by atoms with Crippen molar-refractivity contribution in [3.63, 3.8) is 0 Å². The molecule has 0 fully saturated rings. The zero-order valence-corrected chi connectivity index (χ0v) is 11.1. The highest BCUT2D eigenvalue weighted by Gasteiger charge is 1.99. The molecule has 3 N–H and O–H groups in total. The van der Waals surface area contributed by atoms with Crippen LogP contribution in [0.25, 0.3) is 0 Å². The quantitative estimate of drug-likeness (QED) is 0.865. The molecule has 0 atom stereocenters. The molecule has 19 heavy (non-hydrogen) atoms. The molecule has 2 aromatic carbocycles. The van der Waals surface area contributed by atoms with E-state index in [0.29, 0.717) is 12.1 Å². The van der Waals surface area contributed by atoms with E-state index >= 15 is 0 Å². The molecule has 3 heteroatoms. The third-order valence-electron chi connectivity index (χ3n) is 3.14. The Morgan fingerprint density at radius 1 is 0.947 bits per heavy atom. The van der Waals surface area contributed by atoms with Gasteiger partial charge in [0.05, 0.1) is 0 Å². The maximum absolute atomic E-state index is 13.1. The lowest BCUT2D eigenvalue weighted by Gasteiger charge is -2.07. The topological polar surface area (TPSA) is 38.0 Å². The fourth-order valence-corrected chi connectivity index (χ4v) is 1.96. The van der Waals surface area contributed by atoms with Crippen LogP contribution in [-0.2, 0) is 19.6 Å². The molecule has 0 spiro atoms. The Hall–Kier alpha value is -1.71. The van der Waals surface area contributed by atoms with Gasteiger partial charge in [0.25, 0.3) is 0 Å². The summed E-state index contributed by atoms with van der Waals surface area (Å²) < 4.78 is 13.1. The predicted octanol–water partition coefficient (Wildman–Crippen LogP) is 2.88. The maximum Gasteiger partial charge on any atom is 0.126 e. The van der Waals surface area contributed by atoms with Gasteiger partial charge in [-0.2, -0.15) is 0 Å². The second-order valence-corrected chi connectivity index (χ2v) is 4.71. The van der Waals surface area contributed by atoms with Gasteiger partial charge in [0.2, 0.25) is 0 Å². The average molecular weight is 258 g/mol. The molecule has 0 aliphatic carbocycles. The summed E-state index contributed by atoms with van der Waals surface area (Å²) in [6.07, 6.45) is 0. The van der Waals surface area contributed by atoms with Gasteiger partial charge in [-0.25, -0.2) is 4.39 Å². The number of hydrogen-bond donors (Lipinski definition) is 2. The van der Waals surface area contributed by atoms with Crippen molar-refractivity contribution in [3.8, 4) is 0 Å². The molecule has 0 bridgehead atoms. The Bertz CT molecular complexity index is 535. The second-order valence-electron chi connectivity index (χ2n) is 4.71. The number of nitrogens with two attached hydrogens (primary N) is 1. The number of nitrogens with one attached hydrogen (secondary N) is 1. The fourth-order valence-electron chi connectivity index (χ4n) is 1.96. The summed E-state index contributed by atoms with van der Waals surface area (Å²) in [6.45, 7) is 3.88. The van der Waals surface area contributed by atoms with Gasteiger partial charge in [0.15, 0.2) is 0 Å². The van der Waals surface area contributed by atoms with Crippen LogP contribution < -0.4 is 11.1 Å². The monoisotopic (exact) mass is 258 g/mol. The van der Waals surface area contributed by atoms with E-state index in [0.717, 1.165) is 24.2 Å². The van der Waals surface area contributed by atoms with Gasteiger partial charge in [-0.3, -0.25) is 0 Å². The summed E-state index contributed by atoms with van der Waals surface area (Å²) in [5, 5.41) is 3.35. The van der Waals surface area contributed by atoms with Crippen LogP contribution in [0.2, 0.25) is 0 Å². The molecular formula is C16H19FN2. The van der Waals surface area contributed by atoms with Crippen molar-refractivity contribution in [2.75, 3.05) is 0 Å². The van der Waals surface area contributed by atoms with Gasteiger partial charge in [0.1, 0.15) is 5.82 Å². The Morgan fingerprint density at radius 3 is 2.16 bits per heavy atom.